The monoisotopic (exact) mass is 329 g/mol. The molecule has 1 aliphatic heterocycles. The number of carbonyl (C=O) groups excluding carboxylic acids is 1. The molecule has 0 saturated carbocycles. The van der Waals surface area contributed by atoms with Crippen molar-refractivity contribution in [3.8, 4) is 0 Å². The fourth-order valence-corrected chi connectivity index (χ4v) is 2.45. The SMILES string of the molecule is Cc1ccc(N2C[C@H](C)C(NC(=O)c3ccncn3)=N2)cc1Cl. The van der Waals surface area contributed by atoms with E-state index in [0.29, 0.717) is 23.1 Å². The van der Waals surface area contributed by atoms with Gasteiger partial charge in [0.25, 0.3) is 5.91 Å². The van der Waals surface area contributed by atoms with Crippen molar-refractivity contribution < 1.29 is 4.79 Å². The molecule has 0 bridgehead atoms. The van der Waals surface area contributed by atoms with E-state index < -0.39 is 0 Å². The van der Waals surface area contributed by atoms with Gasteiger partial charge in [0.05, 0.1) is 12.2 Å². The van der Waals surface area contributed by atoms with Crippen LogP contribution in [0.4, 0.5) is 5.69 Å². The van der Waals surface area contributed by atoms with E-state index in [4.69, 9.17) is 11.6 Å². The van der Waals surface area contributed by atoms with Crippen molar-refractivity contribution in [1.29, 1.82) is 0 Å². The molecule has 7 heteroatoms. The molecule has 1 N–H and O–H groups in total. The van der Waals surface area contributed by atoms with Crippen LogP contribution in [0.2, 0.25) is 5.02 Å². The highest BCUT2D eigenvalue weighted by molar-refractivity contribution is 6.31. The van der Waals surface area contributed by atoms with E-state index in [-0.39, 0.29) is 11.8 Å². The fraction of sp³-hybridized carbons (Fsp3) is 0.250. The molecule has 1 aromatic heterocycles. The fourth-order valence-electron chi connectivity index (χ4n) is 2.27. The first kappa shape index (κ1) is 15.4. The molecular weight excluding hydrogens is 314 g/mol. The van der Waals surface area contributed by atoms with Gasteiger partial charge in [-0.1, -0.05) is 24.6 Å². The van der Waals surface area contributed by atoms with Gasteiger partial charge in [0.15, 0.2) is 0 Å². The summed E-state index contributed by atoms with van der Waals surface area (Å²) in [7, 11) is 0. The predicted molar refractivity (Wildman–Crippen MR) is 89.6 cm³/mol. The topological polar surface area (TPSA) is 70.5 Å². The second kappa shape index (κ2) is 6.34. The number of hydrazone groups is 1. The summed E-state index contributed by atoms with van der Waals surface area (Å²) in [5.41, 5.74) is 2.23. The lowest BCUT2D eigenvalue weighted by Gasteiger charge is -2.15. The van der Waals surface area contributed by atoms with Crippen molar-refractivity contribution in [3.05, 3.63) is 53.1 Å². The second-order valence-corrected chi connectivity index (χ2v) is 5.86. The molecule has 1 aromatic carbocycles. The average Bonchev–Trinajstić information content (AvgIpc) is 2.92. The van der Waals surface area contributed by atoms with Gasteiger partial charge in [0.2, 0.25) is 0 Å². The van der Waals surface area contributed by atoms with Crippen molar-refractivity contribution in [2.75, 3.05) is 11.6 Å². The number of amidine groups is 1. The van der Waals surface area contributed by atoms with Crippen LogP contribution in [0.15, 0.2) is 41.9 Å². The molecule has 2 aromatic rings. The van der Waals surface area contributed by atoms with Crippen LogP contribution >= 0.6 is 11.6 Å². The number of hydrogen-bond acceptors (Lipinski definition) is 5. The van der Waals surface area contributed by atoms with Crippen LogP contribution in [0.25, 0.3) is 0 Å². The van der Waals surface area contributed by atoms with E-state index in [1.807, 2.05) is 37.1 Å². The van der Waals surface area contributed by atoms with E-state index in [0.717, 1.165) is 11.3 Å². The number of nitrogens with one attached hydrogen (secondary N) is 1. The van der Waals surface area contributed by atoms with E-state index in [1.54, 1.807) is 6.07 Å². The number of aromatic nitrogens is 2. The Balaban J connectivity index is 1.77. The third kappa shape index (κ3) is 3.32. The Kier molecular flexibility index (Phi) is 4.25. The Hall–Kier alpha value is -2.47. The summed E-state index contributed by atoms with van der Waals surface area (Å²) in [6.45, 7) is 4.64. The van der Waals surface area contributed by atoms with Gasteiger partial charge < -0.3 is 5.32 Å². The molecule has 3 rings (SSSR count). The van der Waals surface area contributed by atoms with Gasteiger partial charge in [0.1, 0.15) is 17.9 Å². The number of hydrogen-bond donors (Lipinski definition) is 1. The number of anilines is 1. The minimum absolute atomic E-state index is 0.0980. The quantitative estimate of drug-likeness (QED) is 0.919. The summed E-state index contributed by atoms with van der Waals surface area (Å²) >= 11 is 6.17. The van der Waals surface area contributed by atoms with Gasteiger partial charge >= 0.3 is 0 Å². The van der Waals surface area contributed by atoms with Crippen LogP contribution in [0, 0.1) is 12.8 Å². The van der Waals surface area contributed by atoms with Crippen molar-refractivity contribution in [2.45, 2.75) is 13.8 Å². The molecule has 118 valence electrons. The number of benzene rings is 1. The van der Waals surface area contributed by atoms with E-state index in [9.17, 15) is 4.79 Å². The normalized spacial score (nSPS) is 17.1. The summed E-state index contributed by atoms with van der Waals surface area (Å²) in [5.74, 6) is 0.424. The van der Waals surface area contributed by atoms with Crippen molar-refractivity contribution in [1.82, 2.24) is 15.3 Å². The first-order valence-corrected chi connectivity index (χ1v) is 7.62. The Morgan fingerprint density at radius 2 is 2.22 bits per heavy atom. The van der Waals surface area contributed by atoms with Gasteiger partial charge in [0, 0.05) is 17.1 Å². The van der Waals surface area contributed by atoms with Gasteiger partial charge in [-0.15, -0.1) is 0 Å². The van der Waals surface area contributed by atoms with Crippen LogP contribution in [-0.2, 0) is 0 Å². The number of aryl methyl sites for hydroxylation is 1. The highest BCUT2D eigenvalue weighted by Gasteiger charge is 2.26. The Morgan fingerprint density at radius 1 is 1.39 bits per heavy atom. The molecular formula is C16H16ClN5O. The summed E-state index contributed by atoms with van der Waals surface area (Å²) in [4.78, 5) is 19.9. The molecule has 0 aliphatic carbocycles. The molecule has 1 amide bonds. The number of halogens is 1. The van der Waals surface area contributed by atoms with Gasteiger partial charge in [-0.3, -0.25) is 9.80 Å². The van der Waals surface area contributed by atoms with E-state index in [1.165, 1.54) is 12.5 Å². The van der Waals surface area contributed by atoms with Crippen molar-refractivity contribution in [2.24, 2.45) is 11.0 Å². The van der Waals surface area contributed by atoms with Gasteiger partial charge in [-0.2, -0.15) is 5.10 Å². The first-order chi connectivity index (χ1) is 11.0. The van der Waals surface area contributed by atoms with E-state index in [2.05, 4.69) is 20.4 Å². The predicted octanol–water partition coefficient (Wildman–Crippen LogP) is 2.64. The lowest BCUT2D eigenvalue weighted by atomic mass is 10.1. The molecule has 0 fully saturated rings. The first-order valence-electron chi connectivity index (χ1n) is 7.24. The summed E-state index contributed by atoms with van der Waals surface area (Å²) in [5, 5.41) is 9.85. The van der Waals surface area contributed by atoms with Crippen LogP contribution in [0.3, 0.4) is 0 Å². The Bertz CT molecular complexity index is 762. The summed E-state index contributed by atoms with van der Waals surface area (Å²) in [6.07, 6.45) is 2.87. The van der Waals surface area contributed by atoms with E-state index >= 15 is 0 Å². The molecule has 2 heterocycles. The Labute approximate surface area is 139 Å². The molecule has 23 heavy (non-hydrogen) atoms. The van der Waals surface area contributed by atoms with Crippen LogP contribution in [-0.4, -0.2) is 28.3 Å². The lowest BCUT2D eigenvalue weighted by Crippen LogP contribution is -2.34. The average molecular weight is 330 g/mol. The second-order valence-electron chi connectivity index (χ2n) is 5.45. The zero-order valence-corrected chi connectivity index (χ0v) is 13.6. The lowest BCUT2D eigenvalue weighted by molar-refractivity contribution is 0.0970. The molecule has 0 spiro atoms. The number of nitrogens with zero attached hydrogens (tertiary/aromatic N) is 4. The number of carbonyl (C=O) groups is 1. The third-order valence-corrected chi connectivity index (χ3v) is 4.06. The number of rotatable bonds is 2. The zero-order valence-electron chi connectivity index (χ0n) is 12.8. The van der Waals surface area contributed by atoms with Gasteiger partial charge in [-0.05, 0) is 30.7 Å². The summed E-state index contributed by atoms with van der Waals surface area (Å²) < 4.78 is 0. The maximum atomic E-state index is 12.2. The molecule has 0 saturated heterocycles. The molecule has 1 atom stereocenters. The standard InChI is InChI=1S/C16H16ClN5O/c1-10-3-4-12(7-13(10)17)22-8-11(2)15(21-22)20-16(23)14-5-6-18-9-19-14/h3-7,9,11H,8H2,1-2H3,(H,20,21,23)/t11-/m0/s1. The highest BCUT2D eigenvalue weighted by Crippen LogP contribution is 2.26. The maximum absolute atomic E-state index is 12.2. The molecule has 6 nitrogen and oxygen atoms in total. The van der Waals surface area contributed by atoms with Crippen molar-refractivity contribution in [3.63, 3.8) is 0 Å². The van der Waals surface area contributed by atoms with Crippen molar-refractivity contribution >= 4 is 29.0 Å². The molecule has 0 radical (unpaired) electrons. The van der Waals surface area contributed by atoms with Gasteiger partial charge in [-0.25, -0.2) is 9.97 Å². The molecule has 1 aliphatic rings. The van der Waals surface area contributed by atoms with Crippen LogP contribution in [0.1, 0.15) is 23.0 Å². The Morgan fingerprint density at radius 3 is 2.91 bits per heavy atom. The maximum Gasteiger partial charge on any atom is 0.275 e. The smallest absolute Gasteiger partial charge is 0.275 e. The number of amides is 1. The minimum Gasteiger partial charge on any atom is -0.307 e. The zero-order chi connectivity index (χ0) is 16.4. The minimum atomic E-state index is -0.290. The largest absolute Gasteiger partial charge is 0.307 e. The molecule has 0 unspecified atom stereocenters. The van der Waals surface area contributed by atoms with Crippen LogP contribution < -0.4 is 10.3 Å². The highest BCUT2D eigenvalue weighted by atomic mass is 35.5. The van der Waals surface area contributed by atoms with Crippen LogP contribution in [0.5, 0.6) is 0 Å². The summed E-state index contributed by atoms with van der Waals surface area (Å²) in [6, 6.07) is 7.36. The third-order valence-electron chi connectivity index (χ3n) is 3.65.